The van der Waals surface area contributed by atoms with Gasteiger partial charge in [-0.3, -0.25) is 0 Å². The van der Waals surface area contributed by atoms with Crippen molar-refractivity contribution in [2.45, 2.75) is 19.1 Å². The van der Waals surface area contributed by atoms with E-state index in [0.29, 0.717) is 19.8 Å². The SMILES string of the molecule is COc1cc(C(F)(F)F)ncc1NC(=O)N1CCOC[C@H]1C. The summed E-state index contributed by atoms with van der Waals surface area (Å²) in [5.41, 5.74) is -0.999. The molecule has 0 radical (unpaired) electrons. The Morgan fingerprint density at radius 1 is 1.55 bits per heavy atom. The van der Waals surface area contributed by atoms with E-state index in [4.69, 9.17) is 9.47 Å². The van der Waals surface area contributed by atoms with Crippen molar-refractivity contribution in [3.63, 3.8) is 0 Å². The lowest BCUT2D eigenvalue weighted by molar-refractivity contribution is -0.141. The maximum absolute atomic E-state index is 12.6. The van der Waals surface area contributed by atoms with E-state index in [1.807, 2.05) is 6.92 Å². The van der Waals surface area contributed by atoms with E-state index in [9.17, 15) is 18.0 Å². The first-order chi connectivity index (χ1) is 10.3. The highest BCUT2D eigenvalue weighted by Crippen LogP contribution is 2.33. The molecule has 0 saturated carbocycles. The number of hydrogen-bond acceptors (Lipinski definition) is 4. The fraction of sp³-hybridized carbons (Fsp3) is 0.538. The first kappa shape index (κ1) is 16.3. The molecule has 1 aliphatic heterocycles. The molecule has 2 heterocycles. The minimum Gasteiger partial charge on any atom is -0.494 e. The Hall–Kier alpha value is -2.03. The molecule has 1 aromatic rings. The number of hydrogen-bond donors (Lipinski definition) is 1. The minimum atomic E-state index is -4.57. The minimum absolute atomic E-state index is 0.0826. The Bertz CT molecular complexity index is 551. The van der Waals surface area contributed by atoms with Crippen LogP contribution in [0.15, 0.2) is 12.3 Å². The largest absolute Gasteiger partial charge is 0.494 e. The Morgan fingerprint density at radius 2 is 2.27 bits per heavy atom. The number of urea groups is 1. The molecular weight excluding hydrogens is 303 g/mol. The second-order valence-electron chi connectivity index (χ2n) is 4.82. The van der Waals surface area contributed by atoms with Crippen LogP contribution in [0.2, 0.25) is 0 Å². The van der Waals surface area contributed by atoms with E-state index in [2.05, 4.69) is 10.3 Å². The number of carbonyl (C=O) groups is 1. The normalized spacial score (nSPS) is 19.0. The standard InChI is InChI=1S/C13H16F3N3O3/c1-8-7-22-4-3-19(8)12(20)18-9-6-17-11(13(14,15)16)5-10(9)21-2/h5-6,8H,3-4,7H2,1-2H3,(H,18,20)/t8-/m1/s1. The van der Waals surface area contributed by atoms with Crippen LogP contribution in [0.3, 0.4) is 0 Å². The summed E-state index contributed by atoms with van der Waals surface area (Å²) < 4.78 is 48.0. The van der Waals surface area contributed by atoms with Crippen LogP contribution < -0.4 is 10.1 Å². The Balaban J connectivity index is 2.16. The molecule has 1 aliphatic rings. The van der Waals surface area contributed by atoms with E-state index in [1.165, 1.54) is 7.11 Å². The van der Waals surface area contributed by atoms with Gasteiger partial charge in [-0.1, -0.05) is 0 Å². The summed E-state index contributed by atoms with van der Waals surface area (Å²) in [7, 11) is 1.22. The number of halogens is 3. The topological polar surface area (TPSA) is 63.7 Å². The van der Waals surface area contributed by atoms with Crippen molar-refractivity contribution in [1.29, 1.82) is 0 Å². The van der Waals surface area contributed by atoms with E-state index in [-0.39, 0.29) is 17.5 Å². The lowest BCUT2D eigenvalue weighted by Crippen LogP contribution is -2.48. The highest BCUT2D eigenvalue weighted by Gasteiger charge is 2.33. The molecule has 0 aliphatic carbocycles. The Labute approximate surface area is 125 Å². The van der Waals surface area contributed by atoms with E-state index in [1.54, 1.807) is 4.90 Å². The molecule has 1 aromatic heterocycles. The number of nitrogens with one attached hydrogen (secondary N) is 1. The van der Waals surface area contributed by atoms with Crippen LogP contribution in [0, 0.1) is 0 Å². The van der Waals surface area contributed by atoms with E-state index >= 15 is 0 Å². The van der Waals surface area contributed by atoms with Crippen molar-refractivity contribution in [3.8, 4) is 5.75 Å². The zero-order valence-corrected chi connectivity index (χ0v) is 12.1. The number of nitrogens with zero attached hydrogens (tertiary/aromatic N) is 2. The fourth-order valence-corrected chi connectivity index (χ4v) is 2.07. The van der Waals surface area contributed by atoms with Gasteiger partial charge < -0.3 is 19.7 Å². The first-order valence-corrected chi connectivity index (χ1v) is 6.59. The molecule has 1 N–H and O–H groups in total. The van der Waals surface area contributed by atoms with Gasteiger partial charge in [0, 0.05) is 12.6 Å². The summed E-state index contributed by atoms with van der Waals surface area (Å²) in [6, 6.07) is 0.191. The summed E-state index contributed by atoms with van der Waals surface area (Å²) in [5, 5.41) is 2.52. The molecule has 0 bridgehead atoms. The van der Waals surface area contributed by atoms with Crippen LogP contribution in [0.25, 0.3) is 0 Å². The number of rotatable bonds is 2. The quantitative estimate of drug-likeness (QED) is 0.909. The number of amides is 2. The molecule has 0 aromatic carbocycles. The third-order valence-corrected chi connectivity index (χ3v) is 3.25. The van der Waals surface area contributed by atoms with Gasteiger partial charge in [0.05, 0.1) is 32.6 Å². The van der Waals surface area contributed by atoms with E-state index < -0.39 is 17.9 Å². The van der Waals surface area contributed by atoms with Gasteiger partial charge in [-0.2, -0.15) is 13.2 Å². The highest BCUT2D eigenvalue weighted by molar-refractivity contribution is 5.91. The summed E-state index contributed by atoms with van der Waals surface area (Å²) in [4.78, 5) is 17.0. The van der Waals surface area contributed by atoms with Crippen LogP contribution in [0.1, 0.15) is 12.6 Å². The molecule has 1 saturated heterocycles. The number of carbonyl (C=O) groups excluding carboxylic acids is 1. The molecule has 122 valence electrons. The highest BCUT2D eigenvalue weighted by atomic mass is 19.4. The molecule has 0 spiro atoms. The number of anilines is 1. The smallest absolute Gasteiger partial charge is 0.433 e. The molecule has 6 nitrogen and oxygen atoms in total. The van der Waals surface area contributed by atoms with Gasteiger partial charge in [-0.15, -0.1) is 0 Å². The van der Waals surface area contributed by atoms with Crippen LogP contribution in [0.4, 0.5) is 23.7 Å². The summed E-state index contributed by atoms with van der Waals surface area (Å²) >= 11 is 0. The maximum atomic E-state index is 12.6. The average Bonchev–Trinajstić information content (AvgIpc) is 2.46. The molecule has 1 atom stereocenters. The number of morpholine rings is 1. The summed E-state index contributed by atoms with van der Waals surface area (Å²) in [6.45, 7) is 3.06. The zero-order valence-electron chi connectivity index (χ0n) is 12.1. The number of ether oxygens (including phenoxy) is 2. The number of pyridine rings is 1. The average molecular weight is 319 g/mol. The third kappa shape index (κ3) is 3.59. The van der Waals surface area contributed by atoms with Gasteiger partial charge in [0.2, 0.25) is 0 Å². The first-order valence-electron chi connectivity index (χ1n) is 6.59. The molecular formula is C13H16F3N3O3. The molecule has 2 amide bonds. The van der Waals surface area contributed by atoms with Crippen molar-refractivity contribution >= 4 is 11.7 Å². The lowest BCUT2D eigenvalue weighted by atomic mass is 10.2. The second-order valence-corrected chi connectivity index (χ2v) is 4.82. The summed E-state index contributed by atoms with van der Waals surface area (Å²) in [6.07, 6.45) is -3.64. The third-order valence-electron chi connectivity index (χ3n) is 3.25. The number of methoxy groups -OCH3 is 1. The molecule has 1 fully saturated rings. The van der Waals surface area contributed by atoms with Crippen molar-refractivity contribution in [3.05, 3.63) is 18.0 Å². The van der Waals surface area contributed by atoms with E-state index in [0.717, 1.165) is 12.3 Å². The molecule has 2 rings (SSSR count). The second kappa shape index (κ2) is 6.39. The predicted octanol–water partition coefficient (Wildman–Crippen LogP) is 2.36. The monoisotopic (exact) mass is 319 g/mol. The number of aromatic nitrogens is 1. The van der Waals surface area contributed by atoms with Crippen LogP contribution >= 0.6 is 0 Å². The predicted molar refractivity (Wildman–Crippen MR) is 71.8 cm³/mol. The van der Waals surface area contributed by atoms with Crippen molar-refractivity contribution < 1.29 is 27.4 Å². The van der Waals surface area contributed by atoms with Gasteiger partial charge in [0.1, 0.15) is 17.1 Å². The van der Waals surface area contributed by atoms with Gasteiger partial charge >= 0.3 is 12.2 Å². The van der Waals surface area contributed by atoms with Crippen molar-refractivity contribution in [2.24, 2.45) is 0 Å². The van der Waals surface area contributed by atoms with Gasteiger partial charge in [0.15, 0.2) is 0 Å². The Morgan fingerprint density at radius 3 is 2.86 bits per heavy atom. The van der Waals surface area contributed by atoms with Crippen LogP contribution in [-0.4, -0.2) is 48.8 Å². The summed E-state index contributed by atoms with van der Waals surface area (Å²) in [5.74, 6) is -0.100. The lowest BCUT2D eigenvalue weighted by Gasteiger charge is -2.33. The number of alkyl halides is 3. The van der Waals surface area contributed by atoms with Crippen molar-refractivity contribution in [2.75, 3.05) is 32.2 Å². The zero-order chi connectivity index (χ0) is 16.3. The Kier molecular flexibility index (Phi) is 4.74. The molecule has 0 unspecified atom stereocenters. The van der Waals surface area contributed by atoms with Gasteiger partial charge in [-0.25, -0.2) is 9.78 Å². The van der Waals surface area contributed by atoms with Crippen LogP contribution in [0.5, 0.6) is 5.75 Å². The maximum Gasteiger partial charge on any atom is 0.433 e. The van der Waals surface area contributed by atoms with Gasteiger partial charge in [-0.05, 0) is 6.92 Å². The molecule has 9 heteroatoms. The fourth-order valence-electron chi connectivity index (χ4n) is 2.07. The van der Waals surface area contributed by atoms with Crippen molar-refractivity contribution in [1.82, 2.24) is 9.88 Å². The van der Waals surface area contributed by atoms with Gasteiger partial charge in [0.25, 0.3) is 0 Å². The van der Waals surface area contributed by atoms with Crippen LogP contribution in [-0.2, 0) is 10.9 Å². The molecule has 22 heavy (non-hydrogen) atoms.